The van der Waals surface area contributed by atoms with Gasteiger partial charge < -0.3 is 4.90 Å². The molecule has 1 rings (SSSR count). The highest BCUT2D eigenvalue weighted by Gasteiger charge is 2.27. The van der Waals surface area contributed by atoms with E-state index in [0.29, 0.717) is 0 Å². The summed E-state index contributed by atoms with van der Waals surface area (Å²) in [5, 5.41) is 6.09. The Kier molecular flexibility index (Phi) is 2.97. The lowest BCUT2D eigenvalue weighted by molar-refractivity contribution is -0.699. The number of aryl methyl sites for hydroxylation is 1. The molecule has 1 amide bonds. The summed E-state index contributed by atoms with van der Waals surface area (Å²) in [4.78, 5) is 13.2. The molecule has 6 nitrogen and oxygen atoms in total. The molecule has 0 atom stereocenters. The van der Waals surface area contributed by atoms with Gasteiger partial charge in [-0.1, -0.05) is 0 Å². The van der Waals surface area contributed by atoms with Crippen molar-refractivity contribution in [1.29, 1.82) is 0 Å². The molecule has 1 aromatic heterocycles. The molecule has 0 unspecified atom stereocenters. The Morgan fingerprint density at radius 1 is 1.27 bits per heavy atom. The van der Waals surface area contributed by atoms with Gasteiger partial charge in [0.2, 0.25) is 0 Å². The first kappa shape index (κ1) is 11.5. The smallest absolute Gasteiger partial charge is 0.315 e. The predicted octanol–water partition coefficient (Wildman–Crippen LogP) is -0.485. The molecule has 0 aliphatic carbocycles. The van der Waals surface area contributed by atoms with Crippen molar-refractivity contribution in [3.63, 3.8) is 0 Å². The largest absolute Gasteiger partial charge is 0.418 e. The Morgan fingerprint density at radius 2 is 1.80 bits per heavy atom. The fraction of sp³-hybridized carbons (Fsp3) is 0.667. The third-order valence-corrected chi connectivity index (χ3v) is 2.13. The molecular weight excluding hydrogens is 194 g/mol. The molecule has 0 aromatic carbocycles. The second-order valence-corrected chi connectivity index (χ2v) is 3.84. The minimum atomic E-state index is -0.142. The Balaban J connectivity index is 3.24. The summed E-state index contributed by atoms with van der Waals surface area (Å²) in [6, 6.07) is -0.142. The van der Waals surface area contributed by atoms with Gasteiger partial charge in [0.15, 0.2) is 0 Å². The summed E-state index contributed by atoms with van der Waals surface area (Å²) in [5.74, 6) is 1.57. The molecule has 0 saturated carbocycles. The number of hydrogen-bond donors (Lipinski definition) is 0. The normalized spacial score (nSPS) is 10.3. The topological polar surface area (TPSA) is 45.3 Å². The zero-order valence-corrected chi connectivity index (χ0v) is 10.1. The minimum absolute atomic E-state index is 0.142. The van der Waals surface area contributed by atoms with Crippen LogP contribution in [0.4, 0.5) is 4.79 Å². The number of carbonyl (C=O) groups excluding carboxylic acids is 1. The second kappa shape index (κ2) is 3.88. The SMILES string of the molecule is Cc1nn(C(=O)N(C)C)c(C)[n+]1N(C)C. The molecule has 1 heterocycles. The number of rotatable bonds is 1. The zero-order valence-electron chi connectivity index (χ0n) is 10.1. The molecule has 0 aliphatic rings. The molecule has 0 aliphatic heterocycles. The van der Waals surface area contributed by atoms with Crippen molar-refractivity contribution in [1.82, 2.24) is 14.7 Å². The Hall–Kier alpha value is -1.59. The maximum atomic E-state index is 11.7. The highest BCUT2D eigenvalue weighted by Crippen LogP contribution is 1.96. The maximum Gasteiger partial charge on any atom is 0.418 e. The van der Waals surface area contributed by atoms with E-state index in [2.05, 4.69) is 5.10 Å². The third kappa shape index (κ3) is 1.93. The number of carbonyl (C=O) groups is 1. The van der Waals surface area contributed by atoms with Crippen LogP contribution < -0.4 is 9.69 Å². The number of nitrogens with zero attached hydrogens (tertiary/aromatic N) is 5. The van der Waals surface area contributed by atoms with Crippen molar-refractivity contribution in [3.05, 3.63) is 11.6 Å². The fourth-order valence-electron chi connectivity index (χ4n) is 1.53. The quantitative estimate of drug-likeness (QED) is 0.590. The van der Waals surface area contributed by atoms with Crippen LogP contribution in [0, 0.1) is 13.8 Å². The molecule has 15 heavy (non-hydrogen) atoms. The van der Waals surface area contributed by atoms with E-state index in [1.807, 2.05) is 37.6 Å². The predicted molar refractivity (Wildman–Crippen MR) is 56.4 cm³/mol. The van der Waals surface area contributed by atoms with Crippen LogP contribution in [-0.4, -0.2) is 48.9 Å². The highest BCUT2D eigenvalue weighted by molar-refractivity contribution is 5.75. The van der Waals surface area contributed by atoms with Gasteiger partial charge in [-0.05, 0) is 4.68 Å². The Morgan fingerprint density at radius 3 is 2.13 bits per heavy atom. The van der Waals surface area contributed by atoms with Crippen molar-refractivity contribution < 1.29 is 9.47 Å². The summed E-state index contributed by atoms with van der Waals surface area (Å²) in [6.07, 6.45) is 0. The van der Waals surface area contributed by atoms with Gasteiger partial charge in [0, 0.05) is 42.0 Å². The van der Waals surface area contributed by atoms with Crippen molar-refractivity contribution in [3.8, 4) is 0 Å². The monoisotopic (exact) mass is 212 g/mol. The second-order valence-electron chi connectivity index (χ2n) is 3.84. The molecule has 0 spiro atoms. The first-order chi connectivity index (χ1) is 6.86. The lowest BCUT2D eigenvalue weighted by Crippen LogP contribution is -2.56. The molecular formula is C9H18N5O+. The lowest BCUT2D eigenvalue weighted by atomic mass is 10.6. The molecule has 6 heteroatoms. The van der Waals surface area contributed by atoms with Crippen LogP contribution in [-0.2, 0) is 0 Å². The summed E-state index contributed by atoms with van der Waals surface area (Å²) in [7, 11) is 7.23. The first-order valence-corrected chi connectivity index (χ1v) is 4.73. The number of aromatic nitrogens is 3. The van der Waals surface area contributed by atoms with Crippen molar-refractivity contribution >= 4 is 6.03 Å². The Labute approximate surface area is 89.7 Å². The standard InChI is InChI=1S/C9H18N5O/c1-7-10-13(9(15)11(3)4)8(2)14(7)12(5)6/h1-6H3/q+1. The third-order valence-electron chi connectivity index (χ3n) is 2.13. The average molecular weight is 212 g/mol. The maximum absolute atomic E-state index is 11.7. The van der Waals surface area contributed by atoms with Crippen LogP contribution in [0.15, 0.2) is 0 Å². The van der Waals surface area contributed by atoms with Crippen molar-refractivity contribution in [2.75, 3.05) is 33.2 Å². The van der Waals surface area contributed by atoms with Crippen LogP contribution >= 0.6 is 0 Å². The van der Waals surface area contributed by atoms with E-state index >= 15 is 0 Å². The van der Waals surface area contributed by atoms with Gasteiger partial charge in [-0.2, -0.15) is 0 Å². The first-order valence-electron chi connectivity index (χ1n) is 4.73. The molecule has 84 valence electrons. The van der Waals surface area contributed by atoms with Crippen LogP contribution in [0.25, 0.3) is 0 Å². The van der Waals surface area contributed by atoms with Crippen LogP contribution in [0.1, 0.15) is 11.6 Å². The van der Waals surface area contributed by atoms with Crippen LogP contribution in [0.3, 0.4) is 0 Å². The van der Waals surface area contributed by atoms with Crippen molar-refractivity contribution in [2.45, 2.75) is 13.8 Å². The van der Waals surface area contributed by atoms with E-state index < -0.39 is 0 Å². The van der Waals surface area contributed by atoms with Gasteiger partial charge in [-0.3, -0.25) is 5.01 Å². The minimum Gasteiger partial charge on any atom is -0.315 e. The van der Waals surface area contributed by atoms with Gasteiger partial charge in [0.05, 0.1) is 5.10 Å². The van der Waals surface area contributed by atoms with E-state index in [0.717, 1.165) is 11.6 Å². The molecule has 0 fully saturated rings. The lowest BCUT2D eigenvalue weighted by Gasteiger charge is -2.10. The number of hydrogen-bond acceptors (Lipinski definition) is 3. The molecule has 0 radical (unpaired) electrons. The zero-order chi connectivity index (χ0) is 11.7. The van der Waals surface area contributed by atoms with Crippen molar-refractivity contribution in [2.24, 2.45) is 0 Å². The molecule has 1 aromatic rings. The number of amides is 1. The van der Waals surface area contributed by atoms with Crippen LogP contribution in [0.5, 0.6) is 0 Å². The average Bonchev–Trinajstić information content (AvgIpc) is 2.40. The van der Waals surface area contributed by atoms with Gasteiger partial charge in [-0.25, -0.2) is 4.79 Å². The van der Waals surface area contributed by atoms with Gasteiger partial charge in [-0.15, -0.1) is 4.68 Å². The summed E-state index contributed by atoms with van der Waals surface area (Å²) in [6.45, 7) is 3.73. The van der Waals surface area contributed by atoms with Gasteiger partial charge >= 0.3 is 6.03 Å². The van der Waals surface area contributed by atoms with E-state index in [1.165, 1.54) is 9.58 Å². The molecule has 0 bridgehead atoms. The summed E-state index contributed by atoms with van der Waals surface area (Å²) in [5.41, 5.74) is 0. The summed E-state index contributed by atoms with van der Waals surface area (Å²) < 4.78 is 3.27. The van der Waals surface area contributed by atoms with E-state index in [1.54, 1.807) is 14.1 Å². The highest BCUT2D eigenvalue weighted by atomic mass is 16.2. The van der Waals surface area contributed by atoms with E-state index in [9.17, 15) is 4.79 Å². The molecule has 0 N–H and O–H groups in total. The fourth-order valence-corrected chi connectivity index (χ4v) is 1.53. The van der Waals surface area contributed by atoms with E-state index in [-0.39, 0.29) is 6.03 Å². The van der Waals surface area contributed by atoms with Gasteiger partial charge in [0.25, 0.3) is 11.6 Å². The molecule has 0 saturated heterocycles. The van der Waals surface area contributed by atoms with E-state index in [4.69, 9.17) is 0 Å². The Bertz CT molecular complexity index is 380. The van der Waals surface area contributed by atoms with Gasteiger partial charge in [0.1, 0.15) is 0 Å². The van der Waals surface area contributed by atoms with Crippen LogP contribution in [0.2, 0.25) is 0 Å². The summed E-state index contributed by atoms with van der Waals surface area (Å²) >= 11 is 0.